The van der Waals surface area contributed by atoms with Crippen LogP contribution in [-0.2, 0) is 10.8 Å². The smallest absolute Gasteiger partial charge is 0.450 e. The second-order valence-corrected chi connectivity index (χ2v) is 2.51. The Balaban J connectivity index is 0. The van der Waals surface area contributed by atoms with Crippen LogP contribution in [0.1, 0.15) is 0 Å². The summed E-state index contributed by atoms with van der Waals surface area (Å²) >= 11 is 0. The maximum absolute atomic E-state index is 9.56. The average Bonchev–Trinajstić information content (AvgIpc) is 1.25. The fourth-order valence-electron chi connectivity index (χ4n) is 0. The molecule has 0 fully saturated rings. The lowest BCUT2D eigenvalue weighted by molar-refractivity contribution is 0.137. The summed E-state index contributed by atoms with van der Waals surface area (Å²) in [4.78, 5) is 8.56. The monoisotopic (exact) mass is 140 g/mol. The normalized spacial score (nSPS) is 7.38. The number of carbonyl (C=O) groups is 1. The summed E-state index contributed by atoms with van der Waals surface area (Å²) in [5.41, 5.74) is 0. The molecule has 50 valence electrons. The zero-order chi connectivity index (χ0) is 7.15. The van der Waals surface area contributed by atoms with Crippen LogP contribution in [0.15, 0.2) is 0 Å². The molecular weight excluding hydrogens is 132 g/mol. The van der Waals surface area contributed by atoms with E-state index >= 15 is 0 Å². The van der Waals surface area contributed by atoms with Crippen LogP contribution >= 0.6 is 0 Å². The van der Waals surface area contributed by atoms with Gasteiger partial charge in [-0.2, -0.15) is 0 Å². The van der Waals surface area contributed by atoms with Crippen LogP contribution < -0.4 is 0 Å². The molecule has 8 heavy (non-hydrogen) atoms. The highest BCUT2D eigenvalue weighted by atomic mass is 32.2. The predicted molar refractivity (Wildman–Crippen MR) is 30.6 cm³/mol. The van der Waals surface area contributed by atoms with Gasteiger partial charge in [0, 0.05) is 23.3 Å². The van der Waals surface area contributed by atoms with E-state index in [1.54, 1.807) is 12.5 Å². The van der Waals surface area contributed by atoms with E-state index in [4.69, 9.17) is 15.0 Å². The molecule has 0 amide bonds. The van der Waals surface area contributed by atoms with Crippen molar-refractivity contribution < 1.29 is 19.2 Å². The summed E-state index contributed by atoms with van der Waals surface area (Å²) in [7, 11) is -0.611. The molecule has 0 aromatic rings. The van der Waals surface area contributed by atoms with Gasteiger partial charge in [-0.15, -0.1) is 0 Å². The zero-order valence-electron chi connectivity index (χ0n) is 4.62. The van der Waals surface area contributed by atoms with Crippen molar-refractivity contribution in [2.24, 2.45) is 0 Å². The molecule has 0 aliphatic heterocycles. The lowest BCUT2D eigenvalue weighted by Crippen LogP contribution is -1.81. The molecule has 0 saturated carbocycles. The van der Waals surface area contributed by atoms with E-state index in [0.717, 1.165) is 0 Å². The molecule has 0 aromatic heterocycles. The average molecular weight is 140 g/mol. The first-order chi connectivity index (χ1) is 3.46. The maximum atomic E-state index is 9.56. The quantitative estimate of drug-likeness (QED) is 0.504. The first kappa shape index (κ1) is 10.4. The molecule has 0 atom stereocenters. The van der Waals surface area contributed by atoms with Crippen LogP contribution in [0.3, 0.4) is 0 Å². The van der Waals surface area contributed by atoms with Crippen LogP contribution in [0.5, 0.6) is 0 Å². The van der Waals surface area contributed by atoms with E-state index in [-0.39, 0.29) is 0 Å². The van der Waals surface area contributed by atoms with Crippen LogP contribution in [-0.4, -0.2) is 33.1 Å². The Kier molecular flexibility index (Phi) is 8.35. The van der Waals surface area contributed by atoms with E-state index in [9.17, 15) is 4.21 Å². The van der Waals surface area contributed by atoms with Gasteiger partial charge in [-0.05, 0) is 0 Å². The second kappa shape index (κ2) is 6.42. The third kappa shape index (κ3) is 315. The van der Waals surface area contributed by atoms with Crippen LogP contribution in [0.2, 0.25) is 0 Å². The molecule has 0 saturated heterocycles. The highest BCUT2D eigenvalue weighted by molar-refractivity contribution is 7.83. The molecule has 0 rings (SSSR count). The first-order valence-electron chi connectivity index (χ1n) is 1.63. The second-order valence-electron chi connectivity index (χ2n) is 1.02. The molecule has 0 aliphatic rings. The van der Waals surface area contributed by atoms with Gasteiger partial charge in [0.2, 0.25) is 0 Å². The Morgan fingerprint density at radius 2 is 1.38 bits per heavy atom. The fourth-order valence-corrected chi connectivity index (χ4v) is 0. The van der Waals surface area contributed by atoms with Crippen LogP contribution in [0, 0.1) is 0 Å². The van der Waals surface area contributed by atoms with Gasteiger partial charge in [0.05, 0.1) is 0 Å². The Hall–Kier alpha value is -0.580. The summed E-state index contributed by atoms with van der Waals surface area (Å²) in [6.07, 6.45) is 1.44. The minimum Gasteiger partial charge on any atom is -0.450 e. The minimum absolute atomic E-state index is 0.611. The topological polar surface area (TPSA) is 74.6 Å². The third-order valence-corrected chi connectivity index (χ3v) is 0. The number of hydrogen-bond donors (Lipinski definition) is 2. The lowest BCUT2D eigenvalue weighted by Gasteiger charge is -1.60. The summed E-state index contributed by atoms with van der Waals surface area (Å²) in [6, 6.07) is 0. The van der Waals surface area contributed by atoms with Crippen LogP contribution in [0.25, 0.3) is 0 Å². The molecular formula is C3H8O4S. The van der Waals surface area contributed by atoms with Crippen LogP contribution in [0.4, 0.5) is 4.79 Å². The van der Waals surface area contributed by atoms with Crippen molar-refractivity contribution >= 4 is 17.0 Å². The highest BCUT2D eigenvalue weighted by Gasteiger charge is 1.70. The number of hydrogen-bond acceptors (Lipinski definition) is 2. The fraction of sp³-hybridized carbons (Fsp3) is 0.667. The Morgan fingerprint density at radius 3 is 1.38 bits per heavy atom. The molecule has 0 aromatic carbocycles. The molecule has 0 radical (unpaired) electrons. The van der Waals surface area contributed by atoms with E-state index in [0.29, 0.717) is 0 Å². The van der Waals surface area contributed by atoms with Crippen molar-refractivity contribution in [2.45, 2.75) is 0 Å². The van der Waals surface area contributed by atoms with Crippen molar-refractivity contribution in [1.82, 2.24) is 0 Å². The van der Waals surface area contributed by atoms with E-state index in [1.165, 1.54) is 0 Å². The summed E-state index contributed by atoms with van der Waals surface area (Å²) in [5.74, 6) is 0. The predicted octanol–water partition coefficient (Wildman–Crippen LogP) is 0.217. The summed E-state index contributed by atoms with van der Waals surface area (Å²) in [6.45, 7) is 0. The SMILES string of the molecule is CS(C)=O.O=C(O)O. The first-order valence-corrected chi connectivity index (χ1v) is 3.60. The molecule has 0 heterocycles. The Morgan fingerprint density at radius 1 is 1.38 bits per heavy atom. The molecule has 0 spiro atoms. The van der Waals surface area contributed by atoms with Gasteiger partial charge < -0.3 is 10.2 Å². The van der Waals surface area contributed by atoms with Gasteiger partial charge >= 0.3 is 6.16 Å². The summed E-state index contributed by atoms with van der Waals surface area (Å²) < 4.78 is 9.56. The molecule has 2 N–H and O–H groups in total. The van der Waals surface area contributed by atoms with E-state index in [2.05, 4.69) is 0 Å². The number of carboxylic acid groups (broad SMARTS) is 2. The molecule has 5 heteroatoms. The standard InChI is InChI=1S/C2H6OS.CH2O3/c1-4(2)3;2-1(3)4/h1-2H3;(H2,2,3,4). The summed E-state index contributed by atoms with van der Waals surface area (Å²) in [5, 5.41) is 13.9. The molecule has 0 aliphatic carbocycles. The van der Waals surface area contributed by atoms with Gasteiger partial charge in [-0.25, -0.2) is 4.79 Å². The maximum Gasteiger partial charge on any atom is 0.503 e. The van der Waals surface area contributed by atoms with Gasteiger partial charge in [0.25, 0.3) is 0 Å². The van der Waals surface area contributed by atoms with Crippen molar-refractivity contribution in [1.29, 1.82) is 0 Å². The number of rotatable bonds is 0. The van der Waals surface area contributed by atoms with E-state index < -0.39 is 17.0 Å². The van der Waals surface area contributed by atoms with Crippen molar-refractivity contribution in [3.8, 4) is 0 Å². The van der Waals surface area contributed by atoms with Crippen molar-refractivity contribution in [3.05, 3.63) is 0 Å². The molecule has 0 bridgehead atoms. The van der Waals surface area contributed by atoms with E-state index in [1.807, 2.05) is 0 Å². The lowest BCUT2D eigenvalue weighted by atomic mass is 11.5. The third-order valence-electron chi connectivity index (χ3n) is 0. The zero-order valence-corrected chi connectivity index (χ0v) is 5.44. The molecule has 0 unspecified atom stereocenters. The largest absolute Gasteiger partial charge is 0.503 e. The van der Waals surface area contributed by atoms with Crippen molar-refractivity contribution in [3.63, 3.8) is 0 Å². The minimum atomic E-state index is -1.83. The van der Waals surface area contributed by atoms with Gasteiger partial charge in [-0.1, -0.05) is 0 Å². The van der Waals surface area contributed by atoms with Gasteiger partial charge in [0.1, 0.15) is 0 Å². The van der Waals surface area contributed by atoms with Crippen molar-refractivity contribution in [2.75, 3.05) is 12.5 Å². The Labute approximate surface area is 49.6 Å². The van der Waals surface area contributed by atoms with Gasteiger partial charge in [0.15, 0.2) is 0 Å². The Bertz CT molecular complexity index is 69.3. The molecule has 4 nitrogen and oxygen atoms in total. The van der Waals surface area contributed by atoms with Gasteiger partial charge in [-0.3, -0.25) is 4.21 Å². The highest BCUT2D eigenvalue weighted by Crippen LogP contribution is 1.47.